The van der Waals surface area contributed by atoms with E-state index in [9.17, 15) is 9.59 Å². The fourth-order valence-electron chi connectivity index (χ4n) is 3.33. The van der Waals surface area contributed by atoms with Gasteiger partial charge in [-0.05, 0) is 37.8 Å². The monoisotopic (exact) mass is 365 g/mol. The van der Waals surface area contributed by atoms with E-state index >= 15 is 0 Å². The summed E-state index contributed by atoms with van der Waals surface area (Å²) in [5, 5.41) is 6.24. The summed E-state index contributed by atoms with van der Waals surface area (Å²) in [4.78, 5) is 26.5. The van der Waals surface area contributed by atoms with Gasteiger partial charge in [0.2, 0.25) is 11.8 Å². The molecule has 2 N–H and O–H groups in total. The molecule has 6 heteroatoms. The Hall–Kier alpha value is -1.75. The van der Waals surface area contributed by atoms with Crippen molar-refractivity contribution < 1.29 is 9.59 Å². The molecule has 0 heterocycles. The highest BCUT2D eigenvalue weighted by Crippen LogP contribution is 2.32. The van der Waals surface area contributed by atoms with Crippen molar-refractivity contribution in [2.24, 2.45) is 5.92 Å². The first-order valence-corrected chi connectivity index (χ1v) is 9.32. The van der Waals surface area contributed by atoms with Crippen LogP contribution in [0.1, 0.15) is 45.4 Å². The van der Waals surface area contributed by atoms with Gasteiger partial charge in [-0.25, -0.2) is 0 Å². The third-order valence-corrected chi connectivity index (χ3v) is 4.97. The van der Waals surface area contributed by atoms with Crippen LogP contribution in [0.5, 0.6) is 0 Å². The van der Waals surface area contributed by atoms with Crippen LogP contribution in [0.4, 0.5) is 11.4 Å². The molecule has 0 spiro atoms. The predicted molar refractivity (Wildman–Crippen MR) is 103 cm³/mol. The van der Waals surface area contributed by atoms with Gasteiger partial charge in [0.05, 0.1) is 16.4 Å². The first-order valence-electron chi connectivity index (χ1n) is 8.94. The van der Waals surface area contributed by atoms with Crippen LogP contribution >= 0.6 is 11.6 Å². The number of anilines is 2. The van der Waals surface area contributed by atoms with E-state index in [-0.39, 0.29) is 11.8 Å². The fourth-order valence-corrected chi connectivity index (χ4v) is 3.67. The molecule has 0 saturated heterocycles. The van der Waals surface area contributed by atoms with Gasteiger partial charge >= 0.3 is 0 Å². The van der Waals surface area contributed by atoms with Crippen molar-refractivity contribution in [2.75, 3.05) is 24.3 Å². The molecule has 1 aromatic rings. The molecule has 0 radical (unpaired) electrons. The largest absolute Gasteiger partial charge is 0.375 e. The Morgan fingerprint density at radius 2 is 1.92 bits per heavy atom. The molecule has 0 aromatic heterocycles. The predicted octanol–water partition coefficient (Wildman–Crippen LogP) is 3.82. The molecule has 0 bridgehead atoms. The van der Waals surface area contributed by atoms with Crippen LogP contribution in [0.25, 0.3) is 0 Å². The van der Waals surface area contributed by atoms with Crippen molar-refractivity contribution >= 4 is 34.8 Å². The van der Waals surface area contributed by atoms with Crippen LogP contribution in [-0.2, 0) is 9.59 Å². The molecule has 1 aliphatic carbocycles. The number of amides is 2. The van der Waals surface area contributed by atoms with Gasteiger partial charge in [0.25, 0.3) is 0 Å². The van der Waals surface area contributed by atoms with Crippen molar-refractivity contribution in [1.29, 1.82) is 0 Å². The number of halogens is 1. The van der Waals surface area contributed by atoms with Crippen molar-refractivity contribution in [3.63, 3.8) is 0 Å². The van der Waals surface area contributed by atoms with Crippen LogP contribution < -0.4 is 15.5 Å². The molecule has 1 aliphatic rings. The Kier molecular flexibility index (Phi) is 7.12. The zero-order valence-electron chi connectivity index (χ0n) is 15.3. The smallest absolute Gasteiger partial charge is 0.246 e. The lowest BCUT2D eigenvalue weighted by Gasteiger charge is -2.23. The minimum absolute atomic E-state index is 0.0477. The molecular formula is C19H28ClN3O2. The van der Waals surface area contributed by atoms with E-state index in [4.69, 9.17) is 11.6 Å². The number of hydrogen-bond acceptors (Lipinski definition) is 3. The van der Waals surface area contributed by atoms with E-state index in [0.29, 0.717) is 23.0 Å². The van der Waals surface area contributed by atoms with Gasteiger partial charge in [-0.15, -0.1) is 0 Å². The Morgan fingerprint density at radius 1 is 1.24 bits per heavy atom. The van der Waals surface area contributed by atoms with E-state index < -0.39 is 6.04 Å². The normalized spacial score (nSPS) is 16.2. The van der Waals surface area contributed by atoms with Crippen molar-refractivity contribution in [2.45, 2.75) is 51.5 Å². The number of hydrogen-bond donors (Lipinski definition) is 2. The van der Waals surface area contributed by atoms with Crippen molar-refractivity contribution in [3.8, 4) is 0 Å². The average molecular weight is 366 g/mol. The number of nitrogens with zero attached hydrogens (tertiary/aromatic N) is 1. The molecule has 5 nitrogen and oxygen atoms in total. The number of carbonyl (C=O) groups is 2. The van der Waals surface area contributed by atoms with Crippen molar-refractivity contribution in [3.05, 3.63) is 23.2 Å². The molecule has 2 rings (SSSR count). The number of rotatable bonds is 6. The highest BCUT2D eigenvalue weighted by Gasteiger charge is 2.21. The van der Waals surface area contributed by atoms with Gasteiger partial charge < -0.3 is 15.5 Å². The average Bonchev–Trinajstić information content (AvgIpc) is 2.55. The Morgan fingerprint density at radius 3 is 2.56 bits per heavy atom. The number of para-hydroxylation sites is 1. The quantitative estimate of drug-likeness (QED) is 0.805. The molecule has 1 saturated carbocycles. The van der Waals surface area contributed by atoms with Gasteiger partial charge in [-0.2, -0.15) is 0 Å². The SMILES string of the molecule is CC(NC(=O)CC1CCCCC1)C(=O)Nc1cccc(Cl)c1N(C)C. The highest BCUT2D eigenvalue weighted by atomic mass is 35.5. The molecule has 1 fully saturated rings. The van der Waals surface area contributed by atoms with Crippen LogP contribution in [0.2, 0.25) is 5.02 Å². The minimum atomic E-state index is -0.593. The zero-order valence-corrected chi connectivity index (χ0v) is 16.0. The zero-order chi connectivity index (χ0) is 18.4. The first-order chi connectivity index (χ1) is 11.9. The lowest BCUT2D eigenvalue weighted by atomic mass is 9.87. The van der Waals surface area contributed by atoms with Gasteiger partial charge in [0.15, 0.2) is 0 Å². The van der Waals surface area contributed by atoms with Gasteiger partial charge in [-0.1, -0.05) is 36.9 Å². The second-order valence-corrected chi connectivity index (χ2v) is 7.42. The van der Waals surface area contributed by atoms with Crippen LogP contribution in [0.15, 0.2) is 18.2 Å². The number of nitrogens with one attached hydrogen (secondary N) is 2. The fraction of sp³-hybridized carbons (Fsp3) is 0.579. The lowest BCUT2D eigenvalue weighted by Crippen LogP contribution is -2.42. The molecule has 0 aliphatic heterocycles. The van der Waals surface area contributed by atoms with Crippen molar-refractivity contribution in [1.82, 2.24) is 5.32 Å². The molecule has 25 heavy (non-hydrogen) atoms. The van der Waals surface area contributed by atoms with E-state index in [1.807, 2.05) is 19.0 Å². The molecule has 1 unspecified atom stereocenters. The Labute approximate surface area is 155 Å². The summed E-state index contributed by atoms with van der Waals surface area (Å²) in [7, 11) is 3.73. The second kappa shape index (κ2) is 9.09. The summed E-state index contributed by atoms with van der Waals surface area (Å²) < 4.78 is 0. The summed E-state index contributed by atoms with van der Waals surface area (Å²) in [6.45, 7) is 1.70. The molecule has 138 valence electrons. The molecule has 1 aromatic carbocycles. The number of carbonyl (C=O) groups excluding carboxylic acids is 2. The third kappa shape index (κ3) is 5.63. The molecule has 1 atom stereocenters. The summed E-state index contributed by atoms with van der Waals surface area (Å²) >= 11 is 6.22. The second-order valence-electron chi connectivity index (χ2n) is 7.02. The van der Waals surface area contributed by atoms with Gasteiger partial charge in [0.1, 0.15) is 6.04 Å². The van der Waals surface area contributed by atoms with E-state index in [1.165, 1.54) is 19.3 Å². The highest BCUT2D eigenvalue weighted by molar-refractivity contribution is 6.34. The summed E-state index contributed by atoms with van der Waals surface area (Å²) in [5.41, 5.74) is 1.38. The number of benzene rings is 1. The van der Waals surface area contributed by atoms with E-state index in [2.05, 4.69) is 10.6 Å². The third-order valence-electron chi connectivity index (χ3n) is 4.66. The minimum Gasteiger partial charge on any atom is -0.375 e. The molecular weight excluding hydrogens is 338 g/mol. The standard InChI is InChI=1S/C19H28ClN3O2/c1-13(21-17(24)12-14-8-5-4-6-9-14)19(25)22-16-11-7-10-15(20)18(16)23(2)3/h7,10-11,13-14H,4-6,8-9,12H2,1-3H3,(H,21,24)(H,22,25). The maximum atomic E-state index is 12.4. The maximum absolute atomic E-state index is 12.4. The van der Waals surface area contributed by atoms with E-state index in [0.717, 1.165) is 18.5 Å². The first kappa shape index (κ1) is 19.6. The van der Waals surface area contributed by atoms with Crippen LogP contribution in [0.3, 0.4) is 0 Å². The molecule has 2 amide bonds. The van der Waals surface area contributed by atoms with Gasteiger partial charge in [-0.3, -0.25) is 9.59 Å². The Bertz CT molecular complexity index is 613. The summed E-state index contributed by atoms with van der Waals surface area (Å²) in [5.74, 6) is 0.160. The lowest BCUT2D eigenvalue weighted by molar-refractivity contribution is -0.126. The van der Waals surface area contributed by atoms with Gasteiger partial charge in [0, 0.05) is 20.5 Å². The summed E-state index contributed by atoms with van der Waals surface area (Å²) in [6.07, 6.45) is 6.42. The van der Waals surface area contributed by atoms with Crippen LogP contribution in [0, 0.1) is 5.92 Å². The Balaban J connectivity index is 1.92. The topological polar surface area (TPSA) is 61.4 Å². The van der Waals surface area contributed by atoms with E-state index in [1.54, 1.807) is 25.1 Å². The maximum Gasteiger partial charge on any atom is 0.246 e. The summed E-state index contributed by atoms with van der Waals surface area (Å²) in [6, 6.07) is 4.78. The van der Waals surface area contributed by atoms with Crippen LogP contribution in [-0.4, -0.2) is 32.0 Å².